The standard InChI is InChI=1S/C23H33ClN4O2S/c1-5-8-9-17(7-3)22(30)28(16(4)6-2)15-14-20(29)25-23-27-26-21(31-23)18-10-12-19(24)13-11-18/h10-13,16-17H,5-9,14-15H2,1-4H3,(H,25,27,29)/t16-,17-/m0/s1. The van der Waals surface area contributed by atoms with Crippen LogP contribution in [-0.4, -0.2) is 39.5 Å². The number of unbranched alkanes of at least 4 members (excludes halogenated alkanes) is 1. The number of nitrogens with one attached hydrogen (secondary N) is 1. The van der Waals surface area contributed by atoms with Crippen molar-refractivity contribution >= 4 is 39.9 Å². The molecule has 0 aliphatic heterocycles. The third-order valence-electron chi connectivity index (χ3n) is 5.50. The van der Waals surface area contributed by atoms with Crippen molar-refractivity contribution in [2.75, 3.05) is 11.9 Å². The van der Waals surface area contributed by atoms with Gasteiger partial charge in [0.15, 0.2) is 0 Å². The number of halogens is 1. The van der Waals surface area contributed by atoms with Crippen molar-refractivity contribution in [2.45, 2.75) is 72.3 Å². The van der Waals surface area contributed by atoms with E-state index in [0.29, 0.717) is 21.7 Å². The Balaban J connectivity index is 1.96. The van der Waals surface area contributed by atoms with E-state index in [9.17, 15) is 9.59 Å². The molecule has 0 aliphatic carbocycles. The van der Waals surface area contributed by atoms with Gasteiger partial charge in [0.25, 0.3) is 0 Å². The van der Waals surface area contributed by atoms with Gasteiger partial charge < -0.3 is 10.2 Å². The van der Waals surface area contributed by atoms with Gasteiger partial charge >= 0.3 is 0 Å². The summed E-state index contributed by atoms with van der Waals surface area (Å²) in [5, 5.41) is 12.8. The van der Waals surface area contributed by atoms with Crippen LogP contribution in [0, 0.1) is 5.92 Å². The molecule has 8 heteroatoms. The molecule has 170 valence electrons. The highest BCUT2D eigenvalue weighted by Crippen LogP contribution is 2.27. The van der Waals surface area contributed by atoms with Crippen LogP contribution in [-0.2, 0) is 9.59 Å². The molecule has 0 saturated carbocycles. The van der Waals surface area contributed by atoms with Crippen molar-refractivity contribution in [2.24, 2.45) is 5.92 Å². The monoisotopic (exact) mass is 464 g/mol. The predicted molar refractivity (Wildman–Crippen MR) is 128 cm³/mol. The van der Waals surface area contributed by atoms with Crippen molar-refractivity contribution in [3.05, 3.63) is 29.3 Å². The first-order valence-corrected chi connectivity index (χ1v) is 12.3. The summed E-state index contributed by atoms with van der Waals surface area (Å²) in [7, 11) is 0. The molecule has 0 radical (unpaired) electrons. The number of carbonyl (C=O) groups is 2. The van der Waals surface area contributed by atoms with Gasteiger partial charge in [0.2, 0.25) is 16.9 Å². The smallest absolute Gasteiger partial charge is 0.227 e. The Bertz CT molecular complexity index is 840. The molecular formula is C23H33ClN4O2S. The minimum absolute atomic E-state index is 0.0297. The highest BCUT2D eigenvalue weighted by atomic mass is 35.5. The van der Waals surface area contributed by atoms with Crippen molar-refractivity contribution < 1.29 is 9.59 Å². The fourth-order valence-corrected chi connectivity index (χ4v) is 4.23. The van der Waals surface area contributed by atoms with Crippen molar-refractivity contribution in [1.82, 2.24) is 15.1 Å². The maximum absolute atomic E-state index is 13.1. The average Bonchev–Trinajstić information content (AvgIpc) is 3.22. The van der Waals surface area contributed by atoms with E-state index < -0.39 is 0 Å². The first-order valence-electron chi connectivity index (χ1n) is 11.1. The molecule has 1 aromatic heterocycles. The number of carbonyl (C=O) groups excluding carboxylic acids is 2. The van der Waals surface area contributed by atoms with E-state index >= 15 is 0 Å². The maximum atomic E-state index is 13.1. The van der Waals surface area contributed by atoms with Crippen LogP contribution < -0.4 is 5.32 Å². The second kappa shape index (κ2) is 12.8. The molecule has 2 atom stereocenters. The van der Waals surface area contributed by atoms with Crippen molar-refractivity contribution in [1.29, 1.82) is 0 Å². The third-order valence-corrected chi connectivity index (χ3v) is 6.64. The minimum Gasteiger partial charge on any atom is -0.339 e. The largest absolute Gasteiger partial charge is 0.339 e. The summed E-state index contributed by atoms with van der Waals surface area (Å²) in [6, 6.07) is 7.43. The number of aromatic nitrogens is 2. The van der Waals surface area contributed by atoms with E-state index in [1.165, 1.54) is 11.3 Å². The van der Waals surface area contributed by atoms with Gasteiger partial charge in [-0.25, -0.2) is 0 Å². The molecule has 2 rings (SSSR count). The van der Waals surface area contributed by atoms with Gasteiger partial charge in [-0.3, -0.25) is 9.59 Å². The SMILES string of the molecule is CCCC[C@H](CC)C(=O)N(CCC(=O)Nc1nnc(-c2ccc(Cl)cc2)s1)[C@@H](C)CC. The lowest BCUT2D eigenvalue weighted by Crippen LogP contribution is -2.43. The zero-order valence-corrected chi connectivity index (χ0v) is 20.4. The predicted octanol–water partition coefficient (Wildman–Crippen LogP) is 6.03. The molecule has 6 nitrogen and oxygen atoms in total. The van der Waals surface area contributed by atoms with E-state index in [2.05, 4.69) is 36.3 Å². The Morgan fingerprint density at radius 2 is 1.84 bits per heavy atom. The lowest BCUT2D eigenvalue weighted by molar-refractivity contribution is -0.138. The summed E-state index contributed by atoms with van der Waals surface area (Å²) in [5.74, 6) is 0.0302. The molecule has 0 unspecified atom stereocenters. The lowest BCUT2D eigenvalue weighted by Gasteiger charge is -2.32. The van der Waals surface area contributed by atoms with Crippen LogP contribution in [0.5, 0.6) is 0 Å². The summed E-state index contributed by atoms with van der Waals surface area (Å²) < 4.78 is 0. The molecule has 1 aromatic carbocycles. The van der Waals surface area contributed by atoms with Crippen LogP contribution in [0.2, 0.25) is 5.02 Å². The molecule has 1 heterocycles. The van der Waals surface area contributed by atoms with E-state index in [1.54, 1.807) is 12.1 Å². The Hall–Kier alpha value is -1.99. The van der Waals surface area contributed by atoms with Gasteiger partial charge in [0.05, 0.1) is 0 Å². The summed E-state index contributed by atoms with van der Waals surface area (Å²) in [6.07, 6.45) is 4.95. The number of nitrogens with zero attached hydrogens (tertiary/aromatic N) is 3. The summed E-state index contributed by atoms with van der Waals surface area (Å²) >= 11 is 7.24. The Kier molecular flexibility index (Phi) is 10.4. The number of hydrogen-bond donors (Lipinski definition) is 1. The molecule has 0 spiro atoms. The Morgan fingerprint density at radius 1 is 1.13 bits per heavy atom. The van der Waals surface area contributed by atoms with Gasteiger partial charge in [-0.1, -0.05) is 68.7 Å². The van der Waals surface area contributed by atoms with Gasteiger partial charge in [-0.2, -0.15) is 0 Å². The molecule has 0 saturated heterocycles. The van der Waals surface area contributed by atoms with Crippen molar-refractivity contribution in [3.63, 3.8) is 0 Å². The molecule has 0 fully saturated rings. The third kappa shape index (κ3) is 7.58. The number of benzene rings is 1. The molecule has 0 bridgehead atoms. The molecule has 2 amide bonds. The van der Waals surface area contributed by atoms with E-state index in [0.717, 1.165) is 37.7 Å². The van der Waals surface area contributed by atoms with Crippen LogP contribution in [0.3, 0.4) is 0 Å². The summed E-state index contributed by atoms with van der Waals surface area (Å²) in [6.45, 7) is 8.72. The maximum Gasteiger partial charge on any atom is 0.227 e. The topological polar surface area (TPSA) is 75.2 Å². The van der Waals surface area contributed by atoms with Gasteiger partial charge in [-0.15, -0.1) is 10.2 Å². The molecule has 2 aromatic rings. The fraction of sp³-hybridized carbons (Fsp3) is 0.565. The Labute approximate surface area is 194 Å². The van der Waals surface area contributed by atoms with E-state index in [4.69, 9.17) is 11.6 Å². The Morgan fingerprint density at radius 3 is 2.45 bits per heavy atom. The minimum atomic E-state index is -0.165. The van der Waals surface area contributed by atoms with Gasteiger partial charge in [0, 0.05) is 35.5 Å². The second-order valence-corrected chi connectivity index (χ2v) is 9.17. The highest BCUT2D eigenvalue weighted by Gasteiger charge is 2.26. The number of hydrogen-bond acceptors (Lipinski definition) is 5. The van der Waals surface area contributed by atoms with Crippen molar-refractivity contribution in [3.8, 4) is 10.6 Å². The molecule has 0 aliphatic rings. The number of anilines is 1. The molecular weight excluding hydrogens is 432 g/mol. The average molecular weight is 465 g/mol. The van der Waals surface area contributed by atoms with E-state index in [1.807, 2.05) is 24.0 Å². The van der Waals surface area contributed by atoms with Gasteiger partial charge in [-0.05, 0) is 38.3 Å². The van der Waals surface area contributed by atoms with Crippen LogP contribution in [0.15, 0.2) is 24.3 Å². The van der Waals surface area contributed by atoms with Crippen LogP contribution in [0.4, 0.5) is 5.13 Å². The number of rotatable bonds is 12. The first kappa shape index (κ1) is 25.3. The number of amides is 2. The molecule has 1 N–H and O–H groups in total. The van der Waals surface area contributed by atoms with E-state index in [-0.39, 0.29) is 30.2 Å². The van der Waals surface area contributed by atoms with Crippen LogP contribution in [0.25, 0.3) is 10.6 Å². The van der Waals surface area contributed by atoms with Gasteiger partial charge in [0.1, 0.15) is 5.01 Å². The quantitative estimate of drug-likeness (QED) is 0.416. The first-order chi connectivity index (χ1) is 14.9. The normalized spacial score (nSPS) is 12.9. The zero-order chi connectivity index (χ0) is 22.8. The second-order valence-electron chi connectivity index (χ2n) is 7.75. The summed E-state index contributed by atoms with van der Waals surface area (Å²) in [4.78, 5) is 27.5. The summed E-state index contributed by atoms with van der Waals surface area (Å²) in [5.41, 5.74) is 0.897. The lowest BCUT2D eigenvalue weighted by atomic mass is 9.96. The molecule has 31 heavy (non-hydrogen) atoms. The fourth-order valence-electron chi connectivity index (χ4n) is 3.34. The van der Waals surface area contributed by atoms with Crippen LogP contribution in [0.1, 0.15) is 66.2 Å². The van der Waals surface area contributed by atoms with Crippen LogP contribution >= 0.6 is 22.9 Å². The highest BCUT2D eigenvalue weighted by molar-refractivity contribution is 7.18. The zero-order valence-electron chi connectivity index (χ0n) is 18.9.